The molecule has 0 fully saturated rings. The molecule has 0 bridgehead atoms. The molecule has 104 valence electrons. The highest BCUT2D eigenvalue weighted by Crippen LogP contribution is 2.13. The fraction of sp³-hybridized carbons (Fsp3) is 0.364. The Balaban J connectivity index is 1.90. The standard InChI is InChI=1S/C11H16N4O3S/c1-12-19(16,17)11-4-3-10(18-11)8-13-7-9-5-6-15(2)14-9/h3-6,12-13H,7-8H2,1-2H3. The Labute approximate surface area is 111 Å². The smallest absolute Gasteiger partial charge is 0.273 e. The lowest BCUT2D eigenvalue weighted by molar-refractivity contribution is 0.400. The van der Waals surface area contributed by atoms with Gasteiger partial charge in [-0.3, -0.25) is 4.68 Å². The molecule has 0 spiro atoms. The highest BCUT2D eigenvalue weighted by Gasteiger charge is 2.15. The SMILES string of the molecule is CNS(=O)(=O)c1ccc(CNCc2ccn(C)n2)o1. The number of hydrogen-bond acceptors (Lipinski definition) is 5. The second kappa shape index (κ2) is 5.55. The van der Waals surface area contributed by atoms with Crippen LogP contribution in [0.1, 0.15) is 11.5 Å². The Morgan fingerprint density at radius 2 is 2.11 bits per heavy atom. The van der Waals surface area contributed by atoms with Crippen molar-refractivity contribution in [1.82, 2.24) is 19.8 Å². The molecule has 0 saturated heterocycles. The first-order valence-electron chi connectivity index (χ1n) is 5.73. The van der Waals surface area contributed by atoms with Gasteiger partial charge in [0, 0.05) is 19.8 Å². The van der Waals surface area contributed by atoms with Gasteiger partial charge < -0.3 is 9.73 Å². The van der Waals surface area contributed by atoms with Crippen LogP contribution in [0, 0.1) is 0 Å². The van der Waals surface area contributed by atoms with Crippen molar-refractivity contribution in [2.24, 2.45) is 7.05 Å². The molecule has 0 aliphatic carbocycles. The van der Waals surface area contributed by atoms with Crippen molar-refractivity contribution in [3.8, 4) is 0 Å². The molecule has 7 nitrogen and oxygen atoms in total. The predicted molar refractivity (Wildman–Crippen MR) is 68.7 cm³/mol. The predicted octanol–water partition coefficient (Wildman–Crippen LogP) is 0.211. The number of sulfonamides is 1. The van der Waals surface area contributed by atoms with Gasteiger partial charge in [0.1, 0.15) is 5.76 Å². The summed E-state index contributed by atoms with van der Waals surface area (Å²) in [6, 6.07) is 4.98. The number of rotatable bonds is 6. The molecule has 2 aromatic rings. The molecule has 0 amide bonds. The minimum Gasteiger partial charge on any atom is -0.447 e. The molecule has 0 aliphatic rings. The van der Waals surface area contributed by atoms with E-state index in [0.717, 1.165) is 5.69 Å². The van der Waals surface area contributed by atoms with Crippen molar-refractivity contribution in [1.29, 1.82) is 0 Å². The summed E-state index contributed by atoms with van der Waals surface area (Å²) in [5.74, 6) is 0.560. The van der Waals surface area contributed by atoms with Crippen LogP contribution in [0.4, 0.5) is 0 Å². The number of aryl methyl sites for hydroxylation is 1. The maximum atomic E-state index is 11.5. The van der Waals surface area contributed by atoms with Gasteiger partial charge in [-0.25, -0.2) is 13.1 Å². The Bertz CT molecular complexity index is 644. The second-order valence-electron chi connectivity index (χ2n) is 4.01. The maximum absolute atomic E-state index is 11.5. The molecule has 0 atom stereocenters. The minimum absolute atomic E-state index is 0.0790. The third-order valence-electron chi connectivity index (χ3n) is 2.54. The number of nitrogens with one attached hydrogen (secondary N) is 2. The summed E-state index contributed by atoms with van der Waals surface area (Å²) in [5.41, 5.74) is 0.914. The first-order chi connectivity index (χ1) is 9.01. The zero-order valence-electron chi connectivity index (χ0n) is 10.8. The number of furan rings is 1. The van der Waals surface area contributed by atoms with Crippen LogP contribution in [0.5, 0.6) is 0 Å². The number of hydrogen-bond donors (Lipinski definition) is 2. The average molecular weight is 284 g/mol. The Kier molecular flexibility index (Phi) is 4.03. The molecule has 2 rings (SSSR count). The van der Waals surface area contributed by atoms with E-state index in [1.165, 1.54) is 13.1 Å². The summed E-state index contributed by atoms with van der Waals surface area (Å²) >= 11 is 0. The third kappa shape index (κ3) is 3.43. The first-order valence-corrected chi connectivity index (χ1v) is 7.21. The van der Waals surface area contributed by atoms with Crippen molar-refractivity contribution < 1.29 is 12.8 Å². The van der Waals surface area contributed by atoms with Crippen molar-refractivity contribution in [3.05, 3.63) is 35.9 Å². The van der Waals surface area contributed by atoms with Crippen LogP contribution in [-0.4, -0.2) is 25.2 Å². The Morgan fingerprint density at radius 3 is 2.74 bits per heavy atom. The van der Waals surface area contributed by atoms with E-state index >= 15 is 0 Å². The summed E-state index contributed by atoms with van der Waals surface area (Å²) in [5, 5.41) is 7.27. The second-order valence-corrected chi connectivity index (χ2v) is 5.83. The molecule has 0 saturated carbocycles. The third-order valence-corrected chi connectivity index (χ3v) is 3.83. The molecule has 0 unspecified atom stereocenters. The Morgan fingerprint density at radius 1 is 1.32 bits per heavy atom. The molecular formula is C11H16N4O3S. The van der Waals surface area contributed by atoms with E-state index in [2.05, 4.69) is 15.1 Å². The highest BCUT2D eigenvalue weighted by molar-refractivity contribution is 7.89. The Hall–Kier alpha value is -1.64. The number of nitrogens with zero attached hydrogens (tertiary/aromatic N) is 2. The maximum Gasteiger partial charge on any atom is 0.273 e. The molecule has 0 aliphatic heterocycles. The normalized spacial score (nSPS) is 11.9. The van der Waals surface area contributed by atoms with Gasteiger partial charge in [0.2, 0.25) is 5.09 Å². The zero-order chi connectivity index (χ0) is 13.9. The van der Waals surface area contributed by atoms with Gasteiger partial charge in [0.25, 0.3) is 10.0 Å². The van der Waals surface area contributed by atoms with Crippen molar-refractivity contribution in [2.45, 2.75) is 18.2 Å². The summed E-state index contributed by atoms with van der Waals surface area (Å²) in [7, 11) is -0.315. The van der Waals surface area contributed by atoms with Gasteiger partial charge in [-0.05, 0) is 25.2 Å². The van der Waals surface area contributed by atoms with Crippen LogP contribution in [0.3, 0.4) is 0 Å². The van der Waals surface area contributed by atoms with E-state index in [1.807, 2.05) is 19.3 Å². The van der Waals surface area contributed by atoms with Crippen LogP contribution in [0.15, 0.2) is 33.9 Å². The lowest BCUT2D eigenvalue weighted by Crippen LogP contribution is -2.17. The van der Waals surface area contributed by atoms with Crippen LogP contribution in [0.25, 0.3) is 0 Å². The van der Waals surface area contributed by atoms with Gasteiger partial charge in [-0.1, -0.05) is 0 Å². The van der Waals surface area contributed by atoms with Crippen molar-refractivity contribution in [2.75, 3.05) is 7.05 Å². The molecule has 8 heteroatoms. The molecular weight excluding hydrogens is 268 g/mol. The topological polar surface area (TPSA) is 89.2 Å². The average Bonchev–Trinajstić information content (AvgIpc) is 2.99. The fourth-order valence-corrected chi connectivity index (χ4v) is 2.23. The van der Waals surface area contributed by atoms with Crippen LogP contribution >= 0.6 is 0 Å². The van der Waals surface area contributed by atoms with E-state index in [4.69, 9.17) is 4.42 Å². The molecule has 2 heterocycles. The van der Waals surface area contributed by atoms with Crippen LogP contribution in [0.2, 0.25) is 0 Å². The molecule has 19 heavy (non-hydrogen) atoms. The van der Waals surface area contributed by atoms with E-state index in [9.17, 15) is 8.42 Å². The summed E-state index contributed by atoms with van der Waals surface area (Å²) < 4.78 is 32.1. The van der Waals surface area contributed by atoms with Crippen molar-refractivity contribution in [3.63, 3.8) is 0 Å². The van der Waals surface area contributed by atoms with Gasteiger partial charge >= 0.3 is 0 Å². The van der Waals surface area contributed by atoms with E-state index < -0.39 is 10.0 Å². The van der Waals surface area contributed by atoms with E-state index in [1.54, 1.807) is 10.7 Å². The monoisotopic (exact) mass is 284 g/mol. The zero-order valence-corrected chi connectivity index (χ0v) is 11.6. The van der Waals surface area contributed by atoms with Crippen molar-refractivity contribution >= 4 is 10.0 Å². The van der Waals surface area contributed by atoms with E-state index in [0.29, 0.717) is 18.8 Å². The molecule has 2 aromatic heterocycles. The quantitative estimate of drug-likeness (QED) is 0.791. The van der Waals surface area contributed by atoms with Gasteiger partial charge in [0.15, 0.2) is 0 Å². The molecule has 2 N–H and O–H groups in total. The summed E-state index contributed by atoms with van der Waals surface area (Å²) in [6.07, 6.45) is 1.86. The summed E-state index contributed by atoms with van der Waals surface area (Å²) in [4.78, 5) is 0. The summed E-state index contributed by atoms with van der Waals surface area (Å²) in [6.45, 7) is 1.03. The molecule has 0 aromatic carbocycles. The lowest BCUT2D eigenvalue weighted by atomic mass is 10.4. The highest BCUT2D eigenvalue weighted by atomic mass is 32.2. The largest absolute Gasteiger partial charge is 0.447 e. The first kappa shape index (κ1) is 13.8. The van der Waals surface area contributed by atoms with Gasteiger partial charge in [-0.15, -0.1) is 0 Å². The van der Waals surface area contributed by atoms with Gasteiger partial charge in [0.05, 0.1) is 12.2 Å². The molecule has 0 radical (unpaired) electrons. The number of aromatic nitrogens is 2. The lowest BCUT2D eigenvalue weighted by Gasteiger charge is -2.00. The van der Waals surface area contributed by atoms with E-state index in [-0.39, 0.29) is 5.09 Å². The van der Waals surface area contributed by atoms with Crippen LogP contribution < -0.4 is 10.0 Å². The minimum atomic E-state index is -3.51. The fourth-order valence-electron chi connectivity index (χ4n) is 1.57. The van der Waals surface area contributed by atoms with Crippen LogP contribution in [-0.2, 0) is 30.2 Å². The van der Waals surface area contributed by atoms with Gasteiger partial charge in [-0.2, -0.15) is 5.10 Å².